The predicted molar refractivity (Wildman–Crippen MR) is 117 cm³/mol. The van der Waals surface area contributed by atoms with Crippen molar-refractivity contribution >= 4 is 28.4 Å². The van der Waals surface area contributed by atoms with Crippen LogP contribution in [0.2, 0.25) is 0 Å². The summed E-state index contributed by atoms with van der Waals surface area (Å²) in [6.45, 7) is 8.58. The average molecular weight is 397 g/mol. The lowest BCUT2D eigenvalue weighted by Gasteiger charge is -2.11. The van der Waals surface area contributed by atoms with Crippen molar-refractivity contribution in [2.75, 3.05) is 10.6 Å². The molecule has 2 aromatic rings. The largest absolute Gasteiger partial charge is 0.355 e. The van der Waals surface area contributed by atoms with Gasteiger partial charge in [-0.15, -0.1) is 0 Å². The van der Waals surface area contributed by atoms with E-state index in [0.717, 1.165) is 22.4 Å². The second-order valence-electron chi connectivity index (χ2n) is 6.74. The van der Waals surface area contributed by atoms with Gasteiger partial charge in [0.2, 0.25) is 0 Å². The lowest BCUT2D eigenvalue weighted by atomic mass is 10.0. The van der Waals surface area contributed by atoms with Crippen LogP contribution in [0, 0.1) is 6.92 Å². The number of nitrogens with one attached hydrogen (secondary N) is 2. The van der Waals surface area contributed by atoms with E-state index in [9.17, 15) is 13.6 Å². The van der Waals surface area contributed by atoms with Gasteiger partial charge in [0.15, 0.2) is 5.78 Å². The van der Waals surface area contributed by atoms with E-state index in [2.05, 4.69) is 22.2 Å². The Balaban J connectivity index is 2.06. The van der Waals surface area contributed by atoms with Crippen LogP contribution in [0.15, 0.2) is 65.9 Å². The van der Waals surface area contributed by atoms with Gasteiger partial charge in [-0.3, -0.25) is 9.79 Å². The molecule has 0 aromatic heterocycles. The van der Waals surface area contributed by atoms with Crippen molar-refractivity contribution in [1.29, 1.82) is 0 Å². The molecule has 0 radical (unpaired) electrons. The minimum absolute atomic E-state index is 0.0317. The Labute approximate surface area is 170 Å². The Morgan fingerprint density at radius 2 is 1.69 bits per heavy atom. The molecule has 152 valence electrons. The van der Waals surface area contributed by atoms with Gasteiger partial charge in [0, 0.05) is 23.1 Å². The van der Waals surface area contributed by atoms with Gasteiger partial charge in [0.25, 0.3) is 0 Å². The van der Waals surface area contributed by atoms with Crippen LogP contribution in [0.3, 0.4) is 0 Å². The van der Waals surface area contributed by atoms with E-state index in [1.54, 1.807) is 43.5 Å². The maximum atomic E-state index is 12.3. The topological polar surface area (TPSA) is 53.5 Å². The van der Waals surface area contributed by atoms with Gasteiger partial charge in [0.05, 0.1) is 11.4 Å². The minimum Gasteiger partial charge on any atom is -0.355 e. The molecule has 0 fully saturated rings. The van der Waals surface area contributed by atoms with E-state index in [-0.39, 0.29) is 5.78 Å². The number of rotatable bonds is 8. The van der Waals surface area contributed by atoms with Crippen LogP contribution in [0.1, 0.15) is 42.3 Å². The fraction of sp³-hybridized carbons (Fsp3) is 0.217. The molecule has 2 N–H and O–H groups in total. The summed E-state index contributed by atoms with van der Waals surface area (Å²) in [5.74, 6) is 0.0317. The van der Waals surface area contributed by atoms with Gasteiger partial charge in [0.1, 0.15) is 0 Å². The number of halogens is 2. The molecule has 0 spiro atoms. The summed E-state index contributed by atoms with van der Waals surface area (Å²) >= 11 is 0. The summed E-state index contributed by atoms with van der Waals surface area (Å²) in [6.07, 6.45) is 1.71. The zero-order valence-corrected chi connectivity index (χ0v) is 17.0. The molecule has 0 heterocycles. The molecule has 0 saturated carbocycles. The second kappa shape index (κ2) is 9.78. The Morgan fingerprint density at radius 3 is 2.24 bits per heavy atom. The number of aryl methyl sites for hydroxylation is 1. The molecule has 0 atom stereocenters. The molecule has 0 saturated heterocycles. The lowest BCUT2D eigenvalue weighted by molar-refractivity contribution is 0.101. The van der Waals surface area contributed by atoms with E-state index in [4.69, 9.17) is 0 Å². The van der Waals surface area contributed by atoms with E-state index in [0.29, 0.717) is 22.7 Å². The lowest BCUT2D eigenvalue weighted by Crippen LogP contribution is -2.07. The summed E-state index contributed by atoms with van der Waals surface area (Å²) in [6, 6.07) is 12.2. The van der Waals surface area contributed by atoms with Crippen LogP contribution >= 0.6 is 0 Å². The van der Waals surface area contributed by atoms with Gasteiger partial charge >= 0.3 is 6.55 Å². The first-order valence-electron chi connectivity index (χ1n) is 9.11. The molecule has 0 bridgehead atoms. The zero-order chi connectivity index (χ0) is 21.6. The van der Waals surface area contributed by atoms with Gasteiger partial charge in [-0.2, -0.15) is 8.78 Å². The van der Waals surface area contributed by atoms with Crippen LogP contribution in [0.25, 0.3) is 5.57 Å². The molecule has 0 aliphatic rings. The highest BCUT2D eigenvalue weighted by atomic mass is 19.3. The number of allylic oxidation sites excluding steroid dienone is 2. The average Bonchev–Trinajstić information content (AvgIpc) is 2.65. The first-order valence-corrected chi connectivity index (χ1v) is 9.11. The van der Waals surface area contributed by atoms with Crippen molar-refractivity contribution < 1.29 is 13.6 Å². The fourth-order valence-corrected chi connectivity index (χ4v) is 2.70. The third kappa shape index (κ3) is 6.38. The molecule has 0 unspecified atom stereocenters. The second-order valence-corrected chi connectivity index (χ2v) is 6.74. The molecular formula is C23H25F2N3O. The maximum absolute atomic E-state index is 12.3. The highest BCUT2D eigenvalue weighted by molar-refractivity contribution is 6.01. The van der Waals surface area contributed by atoms with Crippen molar-refractivity contribution in [1.82, 2.24) is 0 Å². The van der Waals surface area contributed by atoms with Crippen LogP contribution in [-0.2, 0) is 0 Å². The van der Waals surface area contributed by atoms with Gasteiger partial charge in [-0.1, -0.05) is 18.7 Å². The number of ketones is 1. The summed E-state index contributed by atoms with van der Waals surface area (Å²) in [5.41, 5.74) is 5.90. The summed E-state index contributed by atoms with van der Waals surface area (Å²) < 4.78 is 24.7. The van der Waals surface area contributed by atoms with Crippen molar-refractivity contribution in [2.45, 2.75) is 34.2 Å². The van der Waals surface area contributed by atoms with Crippen LogP contribution in [0.5, 0.6) is 0 Å². The quantitative estimate of drug-likeness (QED) is 0.313. The summed E-state index contributed by atoms with van der Waals surface area (Å²) in [7, 11) is 0. The number of Topliss-reactive ketones (excluding diaryl/α,β-unsaturated/α-hetero) is 1. The van der Waals surface area contributed by atoms with E-state index in [1.807, 2.05) is 32.9 Å². The number of aliphatic imine (C=N–C) groups is 1. The number of hydrogen-bond donors (Lipinski definition) is 2. The number of anilines is 2. The van der Waals surface area contributed by atoms with Gasteiger partial charge < -0.3 is 10.6 Å². The fourth-order valence-electron chi connectivity index (χ4n) is 2.70. The normalized spacial score (nSPS) is 12.1. The molecule has 4 nitrogen and oxygen atoms in total. The van der Waals surface area contributed by atoms with E-state index >= 15 is 0 Å². The smallest absolute Gasteiger partial charge is 0.312 e. The number of nitrogens with zero attached hydrogens (tertiary/aromatic N) is 1. The summed E-state index contributed by atoms with van der Waals surface area (Å²) in [5, 5.41) is 5.25. The maximum Gasteiger partial charge on any atom is 0.312 e. The standard InChI is InChI=1S/C23H25F2N3O/c1-14-12-21(10-11-22(14)18(5)29)27-17(4)16(3)26-13-15(2)19-6-8-20(9-7-19)28-23(24)25/h6-13,23,27-28H,4H2,1-3,5H3/b15-13+,26-16?. The van der Waals surface area contributed by atoms with E-state index in [1.165, 1.54) is 0 Å². The van der Waals surface area contributed by atoms with Crippen molar-refractivity contribution in [3.05, 3.63) is 77.6 Å². The molecular weight excluding hydrogens is 372 g/mol. The molecule has 0 aliphatic carbocycles. The number of carbonyl (C=O) groups is 1. The number of benzene rings is 2. The molecule has 29 heavy (non-hydrogen) atoms. The number of alkyl halides is 2. The molecule has 2 aromatic carbocycles. The minimum atomic E-state index is -2.59. The highest BCUT2D eigenvalue weighted by Gasteiger charge is 2.06. The van der Waals surface area contributed by atoms with Crippen molar-refractivity contribution in [3.8, 4) is 0 Å². The zero-order valence-electron chi connectivity index (χ0n) is 17.0. The molecule has 0 amide bonds. The monoisotopic (exact) mass is 397 g/mol. The van der Waals surface area contributed by atoms with Gasteiger partial charge in [-0.25, -0.2) is 0 Å². The molecule has 2 rings (SSSR count). The number of carbonyl (C=O) groups excluding carboxylic acids is 1. The highest BCUT2D eigenvalue weighted by Crippen LogP contribution is 2.19. The third-order valence-electron chi connectivity index (χ3n) is 4.41. The summed E-state index contributed by atoms with van der Waals surface area (Å²) in [4.78, 5) is 16.0. The third-order valence-corrected chi connectivity index (χ3v) is 4.41. The Hall–Kier alpha value is -3.28. The first-order chi connectivity index (χ1) is 13.7. The Kier molecular flexibility index (Phi) is 7.42. The Morgan fingerprint density at radius 1 is 1.07 bits per heavy atom. The van der Waals surface area contributed by atoms with E-state index < -0.39 is 6.55 Å². The van der Waals surface area contributed by atoms with Crippen LogP contribution in [0.4, 0.5) is 20.2 Å². The van der Waals surface area contributed by atoms with Crippen molar-refractivity contribution in [2.24, 2.45) is 4.99 Å². The van der Waals surface area contributed by atoms with Crippen molar-refractivity contribution in [3.63, 3.8) is 0 Å². The number of hydrogen-bond acceptors (Lipinski definition) is 4. The van der Waals surface area contributed by atoms with Crippen LogP contribution < -0.4 is 10.6 Å². The SMILES string of the molecule is C=C(Nc1ccc(C(C)=O)c(C)c1)C(C)=N/C=C(\C)c1ccc(NC(F)F)cc1. The molecule has 0 aliphatic heterocycles. The molecule has 6 heteroatoms. The Bertz CT molecular complexity index is 961. The van der Waals surface area contributed by atoms with Crippen LogP contribution in [-0.4, -0.2) is 18.0 Å². The first kappa shape index (κ1) is 22.0. The predicted octanol–water partition coefficient (Wildman–Crippen LogP) is 6.28. The van der Waals surface area contributed by atoms with Gasteiger partial charge in [-0.05, 0) is 74.7 Å².